The van der Waals surface area contributed by atoms with E-state index in [2.05, 4.69) is 31.3 Å². The van der Waals surface area contributed by atoms with Gasteiger partial charge in [-0.05, 0) is 41.5 Å². The molecule has 1 heterocycles. The smallest absolute Gasteiger partial charge is 0.253 e. The molecule has 1 aromatic rings. The summed E-state index contributed by atoms with van der Waals surface area (Å²) >= 11 is 3.95. The van der Waals surface area contributed by atoms with Crippen molar-refractivity contribution in [3.63, 3.8) is 0 Å². The maximum atomic E-state index is 11.9. The maximum absolute atomic E-state index is 11.9. The topological polar surface area (TPSA) is 109 Å². The van der Waals surface area contributed by atoms with Crippen LogP contribution in [0, 0.1) is 0 Å². The molecule has 2 atom stereocenters. The minimum atomic E-state index is -0.350. The first kappa shape index (κ1) is 21.6. The maximum Gasteiger partial charge on any atom is 0.253 e. The number of amides is 2. The molecule has 2 amide bonds. The minimum Gasteiger partial charge on any atom is -0.272 e. The molecule has 1 rings (SSSR count). The molecular formula is C14H22N6O2S3. The number of nitrogens with one attached hydrogen (secondary N) is 2. The molecule has 0 aliphatic rings. The summed E-state index contributed by atoms with van der Waals surface area (Å²) in [7, 11) is 0. The molecule has 8 nitrogen and oxygen atoms in total. The van der Waals surface area contributed by atoms with E-state index in [1.807, 2.05) is 0 Å². The highest BCUT2D eigenvalue weighted by Gasteiger charge is 2.20. The van der Waals surface area contributed by atoms with Crippen LogP contribution >= 0.6 is 34.9 Å². The second-order valence-corrected chi connectivity index (χ2v) is 9.58. The normalized spacial score (nSPS) is 12.7. The van der Waals surface area contributed by atoms with Crippen LogP contribution in [0.5, 0.6) is 0 Å². The third-order valence-electron chi connectivity index (χ3n) is 2.46. The van der Waals surface area contributed by atoms with Gasteiger partial charge in [0.2, 0.25) is 0 Å². The van der Waals surface area contributed by atoms with Gasteiger partial charge in [-0.15, -0.1) is 10.2 Å². The summed E-state index contributed by atoms with van der Waals surface area (Å²) in [5.74, 6) is -0.396. The number of nitrogens with zero attached hydrogens (tertiary/aromatic N) is 4. The third-order valence-corrected chi connectivity index (χ3v) is 5.75. The summed E-state index contributed by atoms with van der Waals surface area (Å²) in [4.78, 5) is 23.8. The van der Waals surface area contributed by atoms with Crippen LogP contribution in [0.1, 0.15) is 41.5 Å². The van der Waals surface area contributed by atoms with Gasteiger partial charge in [-0.1, -0.05) is 34.9 Å². The highest BCUT2D eigenvalue weighted by Crippen LogP contribution is 2.33. The van der Waals surface area contributed by atoms with Gasteiger partial charge in [0.1, 0.15) is 0 Å². The molecular weight excluding hydrogens is 380 g/mol. The zero-order valence-electron chi connectivity index (χ0n) is 15.0. The van der Waals surface area contributed by atoms with Crippen LogP contribution in [-0.2, 0) is 9.59 Å². The average Bonchev–Trinajstić information content (AvgIpc) is 2.96. The largest absolute Gasteiger partial charge is 0.272 e. The number of hydrazone groups is 2. The second kappa shape index (κ2) is 10.5. The second-order valence-electron chi connectivity index (χ2n) is 5.42. The molecule has 0 bridgehead atoms. The van der Waals surface area contributed by atoms with E-state index >= 15 is 0 Å². The summed E-state index contributed by atoms with van der Waals surface area (Å²) in [5, 5.41) is 15.2. The van der Waals surface area contributed by atoms with Gasteiger partial charge in [-0.3, -0.25) is 9.59 Å². The predicted octanol–water partition coefficient (Wildman–Crippen LogP) is 2.52. The van der Waals surface area contributed by atoms with Gasteiger partial charge in [0.25, 0.3) is 11.8 Å². The van der Waals surface area contributed by atoms with Crippen LogP contribution in [0.25, 0.3) is 0 Å². The number of carbonyl (C=O) groups excluding carboxylic acids is 2. The molecule has 138 valence electrons. The molecule has 0 spiro atoms. The van der Waals surface area contributed by atoms with E-state index in [4.69, 9.17) is 0 Å². The van der Waals surface area contributed by atoms with Gasteiger partial charge < -0.3 is 0 Å². The summed E-state index contributed by atoms with van der Waals surface area (Å²) < 4.78 is 1.33. The summed E-state index contributed by atoms with van der Waals surface area (Å²) in [6.07, 6.45) is 0. The van der Waals surface area contributed by atoms with Gasteiger partial charge in [0.15, 0.2) is 8.68 Å². The van der Waals surface area contributed by atoms with Crippen molar-refractivity contribution < 1.29 is 9.59 Å². The van der Waals surface area contributed by atoms with Crippen LogP contribution in [0.2, 0.25) is 0 Å². The van der Waals surface area contributed by atoms with Crippen molar-refractivity contribution in [3.05, 3.63) is 0 Å². The number of hydrogen-bond acceptors (Lipinski definition) is 9. The van der Waals surface area contributed by atoms with E-state index in [1.54, 1.807) is 41.5 Å². The highest BCUT2D eigenvalue weighted by molar-refractivity contribution is 8.04. The van der Waals surface area contributed by atoms with Gasteiger partial charge in [-0.2, -0.15) is 10.2 Å². The van der Waals surface area contributed by atoms with Crippen LogP contribution in [0.15, 0.2) is 18.9 Å². The van der Waals surface area contributed by atoms with Crippen molar-refractivity contribution in [1.82, 2.24) is 21.0 Å². The zero-order chi connectivity index (χ0) is 19.0. The number of thioether (sulfide) groups is 2. The average molecular weight is 403 g/mol. The Kier molecular flexibility index (Phi) is 9.08. The van der Waals surface area contributed by atoms with Crippen molar-refractivity contribution in [2.75, 3.05) is 0 Å². The predicted molar refractivity (Wildman–Crippen MR) is 104 cm³/mol. The number of rotatable bonds is 8. The lowest BCUT2D eigenvalue weighted by molar-refractivity contribution is -0.121. The summed E-state index contributed by atoms with van der Waals surface area (Å²) in [6.45, 7) is 10.8. The molecule has 2 N–H and O–H groups in total. The fraction of sp³-hybridized carbons (Fsp3) is 0.571. The number of aromatic nitrogens is 2. The molecule has 1 aromatic heterocycles. The van der Waals surface area contributed by atoms with E-state index in [1.165, 1.54) is 34.9 Å². The SMILES string of the molecule is CC(C)=NNC(=O)[C@H](C)Sc1nnc(S[C@H](C)C(=O)NN=C(C)C)s1. The van der Waals surface area contributed by atoms with Crippen LogP contribution in [-0.4, -0.2) is 43.9 Å². The quantitative estimate of drug-likeness (QED) is 0.393. The van der Waals surface area contributed by atoms with E-state index in [0.29, 0.717) is 8.68 Å². The lowest BCUT2D eigenvalue weighted by atomic mass is 10.4. The lowest BCUT2D eigenvalue weighted by Crippen LogP contribution is -2.27. The van der Waals surface area contributed by atoms with Gasteiger partial charge in [-0.25, -0.2) is 10.9 Å². The highest BCUT2D eigenvalue weighted by atomic mass is 32.2. The van der Waals surface area contributed by atoms with Gasteiger partial charge >= 0.3 is 0 Å². The molecule has 0 aromatic carbocycles. The minimum absolute atomic E-state index is 0.198. The Morgan fingerprint density at radius 2 is 1.24 bits per heavy atom. The zero-order valence-corrected chi connectivity index (χ0v) is 17.4. The fourth-order valence-corrected chi connectivity index (χ4v) is 4.51. The Labute approximate surface area is 159 Å². The molecule has 0 saturated heterocycles. The molecule has 0 saturated carbocycles. The monoisotopic (exact) mass is 402 g/mol. The number of hydrogen-bond donors (Lipinski definition) is 2. The van der Waals surface area contributed by atoms with Crippen molar-refractivity contribution in [3.8, 4) is 0 Å². The van der Waals surface area contributed by atoms with Gasteiger partial charge in [0.05, 0.1) is 10.5 Å². The van der Waals surface area contributed by atoms with E-state index in [-0.39, 0.29) is 22.3 Å². The van der Waals surface area contributed by atoms with Crippen LogP contribution < -0.4 is 10.9 Å². The van der Waals surface area contributed by atoms with Gasteiger partial charge in [0, 0.05) is 11.4 Å². The van der Waals surface area contributed by atoms with E-state index in [9.17, 15) is 9.59 Å². The van der Waals surface area contributed by atoms with E-state index in [0.717, 1.165) is 11.4 Å². The van der Waals surface area contributed by atoms with E-state index < -0.39 is 0 Å². The Morgan fingerprint density at radius 1 is 0.880 bits per heavy atom. The Balaban J connectivity index is 2.55. The molecule has 0 radical (unpaired) electrons. The van der Waals surface area contributed by atoms with Crippen molar-refractivity contribution in [1.29, 1.82) is 0 Å². The standard InChI is InChI=1S/C14H22N6O2S3/c1-7(2)15-17-11(21)9(5)23-13-19-20-14(25-13)24-10(6)12(22)18-16-8(3)4/h9-10H,1-6H3,(H,17,21)(H,18,22)/t9-,10+. The molecule has 0 unspecified atom stereocenters. The van der Waals surface area contributed by atoms with Crippen molar-refractivity contribution in [2.45, 2.75) is 60.7 Å². The molecule has 0 aliphatic carbocycles. The molecule has 25 heavy (non-hydrogen) atoms. The van der Waals surface area contributed by atoms with Crippen molar-refractivity contribution in [2.24, 2.45) is 10.2 Å². The first-order valence-electron chi connectivity index (χ1n) is 7.47. The molecule has 0 aliphatic heterocycles. The van der Waals surface area contributed by atoms with Crippen LogP contribution in [0.4, 0.5) is 0 Å². The first-order valence-corrected chi connectivity index (χ1v) is 10.0. The summed E-state index contributed by atoms with van der Waals surface area (Å²) in [5.41, 5.74) is 6.53. The Morgan fingerprint density at radius 3 is 1.56 bits per heavy atom. The fourth-order valence-electron chi connectivity index (χ4n) is 1.22. The molecule has 0 fully saturated rings. The van der Waals surface area contributed by atoms with Crippen LogP contribution in [0.3, 0.4) is 0 Å². The third kappa shape index (κ3) is 8.45. The Bertz CT molecular complexity index is 611. The summed E-state index contributed by atoms with van der Waals surface area (Å²) in [6, 6.07) is 0. The number of carbonyl (C=O) groups is 2. The Hall–Kier alpha value is -1.46. The first-order chi connectivity index (χ1) is 11.7. The molecule has 11 heteroatoms. The van der Waals surface area contributed by atoms with Crippen molar-refractivity contribution >= 4 is 58.1 Å². The lowest BCUT2D eigenvalue weighted by Gasteiger charge is -2.07.